The standard InChI is InChI=1S/C26H26F2N6O4/c1-37-22-9-16(17(28)13-29-22)19-10-20(33-32-19)25(36)34-6-2-14(11-26(34)4-5-26)24(35)31-18-3-7-38-21-8-15(27)12-30-23(18)21/h8-10,12-14,18H,2-7,11H2,1H3,(H,31,35)(H,32,33)/t14-,18-/m0/s1. The van der Waals surface area contributed by atoms with Gasteiger partial charge in [0.05, 0.1) is 37.8 Å². The Labute approximate surface area is 216 Å². The minimum Gasteiger partial charge on any atom is -0.491 e. The quantitative estimate of drug-likeness (QED) is 0.526. The average Bonchev–Trinajstić information content (AvgIpc) is 3.49. The summed E-state index contributed by atoms with van der Waals surface area (Å²) < 4.78 is 38.5. The van der Waals surface area contributed by atoms with Crippen LogP contribution in [0.1, 0.15) is 54.3 Å². The number of methoxy groups -OCH3 is 1. The summed E-state index contributed by atoms with van der Waals surface area (Å²) in [6, 6.07) is 3.89. The number of carbonyl (C=O) groups excluding carboxylic acids is 2. The predicted molar refractivity (Wildman–Crippen MR) is 129 cm³/mol. The molecule has 0 unspecified atom stereocenters. The number of nitrogens with one attached hydrogen (secondary N) is 2. The van der Waals surface area contributed by atoms with Gasteiger partial charge in [0.25, 0.3) is 5.91 Å². The lowest BCUT2D eigenvalue weighted by atomic mass is 9.87. The molecule has 0 radical (unpaired) electrons. The van der Waals surface area contributed by atoms with E-state index in [1.807, 2.05) is 0 Å². The van der Waals surface area contributed by atoms with Crippen LogP contribution in [0, 0.1) is 17.6 Å². The van der Waals surface area contributed by atoms with Crippen molar-refractivity contribution in [3.63, 3.8) is 0 Å². The Bertz CT molecular complexity index is 1410. The number of likely N-dealkylation sites (tertiary alicyclic amines) is 1. The molecule has 1 aliphatic carbocycles. The molecule has 2 fully saturated rings. The van der Waals surface area contributed by atoms with E-state index >= 15 is 0 Å². The van der Waals surface area contributed by atoms with E-state index in [0.717, 1.165) is 25.2 Å². The van der Waals surface area contributed by atoms with Gasteiger partial charge >= 0.3 is 0 Å². The Morgan fingerprint density at radius 3 is 2.82 bits per heavy atom. The van der Waals surface area contributed by atoms with E-state index in [4.69, 9.17) is 9.47 Å². The van der Waals surface area contributed by atoms with Crippen molar-refractivity contribution in [2.75, 3.05) is 20.3 Å². The fourth-order valence-electron chi connectivity index (χ4n) is 5.46. The van der Waals surface area contributed by atoms with Gasteiger partial charge < -0.3 is 19.7 Å². The third-order valence-electron chi connectivity index (χ3n) is 7.63. The smallest absolute Gasteiger partial charge is 0.274 e. The van der Waals surface area contributed by atoms with Crippen LogP contribution in [-0.2, 0) is 4.79 Å². The van der Waals surface area contributed by atoms with Gasteiger partial charge in [-0.25, -0.2) is 13.8 Å². The van der Waals surface area contributed by atoms with E-state index in [2.05, 4.69) is 25.5 Å². The van der Waals surface area contributed by atoms with Gasteiger partial charge in [-0.15, -0.1) is 0 Å². The molecule has 12 heteroatoms. The average molecular weight is 525 g/mol. The second-order valence-electron chi connectivity index (χ2n) is 9.98. The third-order valence-corrected chi connectivity index (χ3v) is 7.63. The molecule has 2 N–H and O–H groups in total. The van der Waals surface area contributed by atoms with Crippen LogP contribution in [0.3, 0.4) is 0 Å². The topological polar surface area (TPSA) is 122 Å². The van der Waals surface area contributed by atoms with E-state index in [-0.39, 0.29) is 40.9 Å². The van der Waals surface area contributed by atoms with Crippen LogP contribution in [0.2, 0.25) is 0 Å². The number of piperidine rings is 1. The van der Waals surface area contributed by atoms with Crippen LogP contribution >= 0.6 is 0 Å². The molecule has 3 aliphatic rings. The maximum Gasteiger partial charge on any atom is 0.274 e. The maximum atomic E-state index is 14.3. The largest absolute Gasteiger partial charge is 0.491 e. The van der Waals surface area contributed by atoms with Crippen molar-refractivity contribution in [1.82, 2.24) is 30.4 Å². The molecule has 0 aromatic carbocycles. The Morgan fingerprint density at radius 1 is 1.18 bits per heavy atom. The molecule has 198 valence electrons. The van der Waals surface area contributed by atoms with E-state index < -0.39 is 17.2 Å². The summed E-state index contributed by atoms with van der Waals surface area (Å²) in [4.78, 5) is 36.4. The first kappa shape index (κ1) is 24.3. The summed E-state index contributed by atoms with van der Waals surface area (Å²) in [6.07, 6.45) is 5.37. The molecule has 1 saturated carbocycles. The molecule has 38 heavy (non-hydrogen) atoms. The molecule has 3 aromatic rings. The summed E-state index contributed by atoms with van der Waals surface area (Å²) in [7, 11) is 1.44. The molecule has 3 aromatic heterocycles. The van der Waals surface area contributed by atoms with Gasteiger partial charge in [-0.3, -0.25) is 19.7 Å². The van der Waals surface area contributed by atoms with Crippen molar-refractivity contribution in [2.24, 2.45) is 5.92 Å². The lowest BCUT2D eigenvalue weighted by molar-refractivity contribution is -0.128. The van der Waals surface area contributed by atoms with Crippen LogP contribution in [0.5, 0.6) is 11.6 Å². The summed E-state index contributed by atoms with van der Waals surface area (Å²) in [5, 5.41) is 9.96. The number of hydrogen-bond acceptors (Lipinski definition) is 7. The van der Waals surface area contributed by atoms with Crippen molar-refractivity contribution in [3.8, 4) is 22.9 Å². The van der Waals surface area contributed by atoms with Crippen LogP contribution in [0.15, 0.2) is 30.6 Å². The first-order valence-corrected chi connectivity index (χ1v) is 12.5. The number of nitrogens with zero attached hydrogens (tertiary/aromatic N) is 4. The first-order chi connectivity index (χ1) is 18.4. The minimum absolute atomic E-state index is 0.100. The highest BCUT2D eigenvalue weighted by Crippen LogP contribution is 2.50. The molecule has 6 rings (SSSR count). The van der Waals surface area contributed by atoms with Crippen molar-refractivity contribution in [1.29, 1.82) is 0 Å². The molecule has 1 spiro atoms. The van der Waals surface area contributed by atoms with Crippen molar-refractivity contribution >= 4 is 11.8 Å². The molecule has 1 saturated heterocycles. The highest BCUT2D eigenvalue weighted by atomic mass is 19.1. The zero-order chi connectivity index (χ0) is 26.4. The van der Waals surface area contributed by atoms with Gasteiger partial charge in [-0.1, -0.05) is 0 Å². The zero-order valence-corrected chi connectivity index (χ0v) is 20.7. The van der Waals surface area contributed by atoms with Gasteiger partial charge in [-0.2, -0.15) is 5.10 Å². The number of fused-ring (bicyclic) bond motifs is 1. The normalized spacial score (nSPS) is 21.4. The van der Waals surface area contributed by atoms with Crippen LogP contribution in [-0.4, -0.2) is 62.7 Å². The van der Waals surface area contributed by atoms with Gasteiger partial charge in [0, 0.05) is 42.1 Å². The number of aromatic amines is 1. The van der Waals surface area contributed by atoms with Gasteiger partial charge in [0.1, 0.15) is 17.3 Å². The highest BCUT2D eigenvalue weighted by molar-refractivity contribution is 5.94. The lowest BCUT2D eigenvalue weighted by Gasteiger charge is -2.40. The molecule has 2 amide bonds. The lowest BCUT2D eigenvalue weighted by Crippen LogP contribution is -2.51. The van der Waals surface area contributed by atoms with E-state index in [0.29, 0.717) is 49.6 Å². The molecular formula is C26H26F2N6O4. The molecule has 2 aliphatic heterocycles. The summed E-state index contributed by atoms with van der Waals surface area (Å²) >= 11 is 0. The summed E-state index contributed by atoms with van der Waals surface area (Å²) in [6.45, 7) is 0.770. The second-order valence-corrected chi connectivity index (χ2v) is 9.98. The van der Waals surface area contributed by atoms with Crippen molar-refractivity contribution < 1.29 is 27.8 Å². The third kappa shape index (κ3) is 4.33. The summed E-state index contributed by atoms with van der Waals surface area (Å²) in [5.41, 5.74) is 0.859. The van der Waals surface area contributed by atoms with Crippen LogP contribution in [0.25, 0.3) is 11.3 Å². The molecular weight excluding hydrogens is 498 g/mol. The highest BCUT2D eigenvalue weighted by Gasteiger charge is 2.55. The Balaban J connectivity index is 1.14. The molecule has 0 bridgehead atoms. The van der Waals surface area contributed by atoms with Gasteiger partial charge in [0.2, 0.25) is 11.8 Å². The zero-order valence-electron chi connectivity index (χ0n) is 20.7. The van der Waals surface area contributed by atoms with E-state index in [9.17, 15) is 18.4 Å². The second kappa shape index (κ2) is 9.34. The monoisotopic (exact) mass is 524 g/mol. The Kier molecular flexibility index (Phi) is 5.96. The fraction of sp³-hybridized carbons (Fsp3) is 0.423. The number of ether oxygens (including phenoxy) is 2. The van der Waals surface area contributed by atoms with Crippen molar-refractivity contribution in [3.05, 3.63) is 53.6 Å². The first-order valence-electron chi connectivity index (χ1n) is 12.5. The predicted octanol–water partition coefficient (Wildman–Crippen LogP) is 3.18. The minimum atomic E-state index is -0.563. The van der Waals surface area contributed by atoms with E-state index in [1.54, 1.807) is 4.90 Å². The number of H-pyrrole nitrogens is 1. The number of carbonyl (C=O) groups is 2. The molecule has 10 nitrogen and oxygen atoms in total. The van der Waals surface area contributed by atoms with Crippen LogP contribution in [0.4, 0.5) is 8.78 Å². The van der Waals surface area contributed by atoms with Gasteiger partial charge in [-0.05, 0) is 31.7 Å². The Hall–Kier alpha value is -4.09. The molecule has 5 heterocycles. The number of hydrogen-bond donors (Lipinski definition) is 2. The number of aromatic nitrogens is 4. The van der Waals surface area contributed by atoms with E-state index in [1.165, 1.54) is 25.3 Å². The fourth-order valence-corrected chi connectivity index (χ4v) is 5.46. The number of rotatable bonds is 5. The molecule has 2 atom stereocenters. The SMILES string of the molecule is COc1cc(-c2cc(C(=O)N3CC[C@H](C(=O)N[C@H]4CCOc5cc(F)cnc54)CC34CC4)n[nH]2)c(F)cn1. The van der Waals surface area contributed by atoms with Crippen molar-refractivity contribution in [2.45, 2.75) is 43.7 Å². The van der Waals surface area contributed by atoms with Gasteiger partial charge in [0.15, 0.2) is 11.5 Å². The number of halogens is 2. The van der Waals surface area contributed by atoms with Crippen LogP contribution < -0.4 is 14.8 Å². The number of amides is 2. The summed E-state index contributed by atoms with van der Waals surface area (Å²) in [5.74, 6) is -1.07. The number of pyridine rings is 2. The Morgan fingerprint density at radius 2 is 2.03 bits per heavy atom. The maximum absolute atomic E-state index is 14.3.